The molecule has 0 aliphatic heterocycles. The Morgan fingerprint density at radius 2 is 2.19 bits per heavy atom. The molecule has 2 N–H and O–H groups in total. The van der Waals surface area contributed by atoms with Crippen molar-refractivity contribution >= 4 is 0 Å². The molecule has 5 heteroatoms. The van der Waals surface area contributed by atoms with Crippen molar-refractivity contribution in [3.63, 3.8) is 0 Å². The molecule has 3 rings (SSSR count). The standard InChI is InChI=1S/C16H20FN3O/c1-10-9-11(17)6-7-12(10)14-19-15(21-20-14)16(2)8-4-3-5-13(16)18/h6-7,9,13H,3-5,8,18H2,1-2H3. The van der Waals surface area contributed by atoms with Crippen LogP contribution < -0.4 is 5.73 Å². The fourth-order valence-electron chi connectivity index (χ4n) is 3.07. The zero-order valence-electron chi connectivity index (χ0n) is 12.4. The molecule has 1 saturated carbocycles. The van der Waals surface area contributed by atoms with Crippen LogP contribution in [0, 0.1) is 12.7 Å². The van der Waals surface area contributed by atoms with E-state index in [4.69, 9.17) is 10.3 Å². The minimum Gasteiger partial charge on any atom is -0.338 e. The van der Waals surface area contributed by atoms with Crippen LogP contribution in [0.5, 0.6) is 0 Å². The second-order valence-corrected chi connectivity index (χ2v) is 6.15. The average molecular weight is 289 g/mol. The third-order valence-electron chi connectivity index (χ3n) is 4.62. The van der Waals surface area contributed by atoms with E-state index in [9.17, 15) is 4.39 Å². The topological polar surface area (TPSA) is 64.9 Å². The average Bonchev–Trinajstić information content (AvgIpc) is 2.92. The lowest BCUT2D eigenvalue weighted by Gasteiger charge is -2.35. The van der Waals surface area contributed by atoms with Crippen LogP contribution >= 0.6 is 0 Å². The lowest BCUT2D eigenvalue weighted by molar-refractivity contribution is 0.203. The molecule has 4 nitrogen and oxygen atoms in total. The lowest BCUT2D eigenvalue weighted by atomic mass is 9.72. The van der Waals surface area contributed by atoms with E-state index in [1.807, 2.05) is 6.92 Å². The molecule has 1 aromatic carbocycles. The molecular formula is C16H20FN3O. The third-order valence-corrected chi connectivity index (χ3v) is 4.62. The van der Waals surface area contributed by atoms with Crippen LogP contribution in [0.3, 0.4) is 0 Å². The minimum atomic E-state index is -0.266. The first-order chi connectivity index (χ1) is 10.0. The number of aryl methyl sites for hydroxylation is 1. The highest BCUT2D eigenvalue weighted by atomic mass is 19.1. The van der Waals surface area contributed by atoms with Gasteiger partial charge in [0.15, 0.2) is 0 Å². The maximum atomic E-state index is 13.2. The fourth-order valence-corrected chi connectivity index (χ4v) is 3.07. The summed E-state index contributed by atoms with van der Waals surface area (Å²) >= 11 is 0. The first-order valence-electron chi connectivity index (χ1n) is 7.37. The first kappa shape index (κ1) is 14.2. The summed E-state index contributed by atoms with van der Waals surface area (Å²) < 4.78 is 18.7. The smallest absolute Gasteiger partial charge is 0.234 e. The number of nitrogens with two attached hydrogens (primary N) is 1. The van der Waals surface area contributed by atoms with Gasteiger partial charge in [0, 0.05) is 11.6 Å². The van der Waals surface area contributed by atoms with E-state index in [-0.39, 0.29) is 17.3 Å². The zero-order valence-corrected chi connectivity index (χ0v) is 12.4. The van der Waals surface area contributed by atoms with E-state index in [1.165, 1.54) is 12.1 Å². The maximum absolute atomic E-state index is 13.2. The van der Waals surface area contributed by atoms with Gasteiger partial charge in [0.2, 0.25) is 11.7 Å². The highest BCUT2D eigenvalue weighted by molar-refractivity contribution is 5.59. The van der Waals surface area contributed by atoms with E-state index in [0.29, 0.717) is 11.7 Å². The summed E-state index contributed by atoms with van der Waals surface area (Å²) in [7, 11) is 0. The molecule has 1 aliphatic carbocycles. The minimum absolute atomic E-state index is 0.0360. The van der Waals surface area contributed by atoms with Gasteiger partial charge in [0.1, 0.15) is 5.82 Å². The molecule has 0 saturated heterocycles. The number of hydrogen-bond acceptors (Lipinski definition) is 4. The SMILES string of the molecule is Cc1cc(F)ccc1-c1noc(C2(C)CCCCC2N)n1. The van der Waals surface area contributed by atoms with Gasteiger partial charge in [-0.25, -0.2) is 4.39 Å². The van der Waals surface area contributed by atoms with Crippen LogP contribution in [0.1, 0.15) is 44.1 Å². The van der Waals surface area contributed by atoms with Gasteiger partial charge in [-0.1, -0.05) is 18.0 Å². The summed E-state index contributed by atoms with van der Waals surface area (Å²) in [6.45, 7) is 3.92. The maximum Gasteiger partial charge on any atom is 0.234 e. The Balaban J connectivity index is 1.96. The van der Waals surface area contributed by atoms with Gasteiger partial charge in [-0.05, 0) is 50.5 Å². The van der Waals surface area contributed by atoms with Crippen LogP contribution in [0.4, 0.5) is 4.39 Å². The number of benzene rings is 1. The van der Waals surface area contributed by atoms with E-state index < -0.39 is 0 Å². The summed E-state index contributed by atoms with van der Waals surface area (Å²) in [6, 6.07) is 4.60. The van der Waals surface area contributed by atoms with Crippen molar-refractivity contribution in [3.05, 3.63) is 35.5 Å². The van der Waals surface area contributed by atoms with Gasteiger partial charge < -0.3 is 10.3 Å². The van der Waals surface area contributed by atoms with E-state index >= 15 is 0 Å². The third kappa shape index (κ3) is 2.46. The van der Waals surface area contributed by atoms with Crippen molar-refractivity contribution in [1.29, 1.82) is 0 Å². The second-order valence-electron chi connectivity index (χ2n) is 6.15. The Bertz CT molecular complexity index is 655. The second kappa shape index (κ2) is 5.22. The Labute approximate surface area is 123 Å². The predicted molar refractivity (Wildman–Crippen MR) is 78.2 cm³/mol. The van der Waals surface area contributed by atoms with Crippen molar-refractivity contribution in [2.24, 2.45) is 5.73 Å². The molecule has 0 amide bonds. The molecule has 0 bridgehead atoms. The molecule has 21 heavy (non-hydrogen) atoms. The zero-order chi connectivity index (χ0) is 15.0. The molecule has 1 aromatic heterocycles. The van der Waals surface area contributed by atoms with Gasteiger partial charge >= 0.3 is 0 Å². The van der Waals surface area contributed by atoms with Crippen LogP contribution in [-0.2, 0) is 5.41 Å². The number of rotatable bonds is 2. The quantitative estimate of drug-likeness (QED) is 0.920. The number of aromatic nitrogens is 2. The molecule has 0 radical (unpaired) electrons. The predicted octanol–water partition coefficient (Wildman–Crippen LogP) is 3.34. The number of hydrogen-bond donors (Lipinski definition) is 1. The van der Waals surface area contributed by atoms with Crippen molar-refractivity contribution in [3.8, 4) is 11.4 Å². The van der Waals surface area contributed by atoms with Crippen molar-refractivity contribution in [2.45, 2.75) is 51.0 Å². The largest absolute Gasteiger partial charge is 0.338 e. The first-order valence-corrected chi connectivity index (χ1v) is 7.37. The van der Waals surface area contributed by atoms with Crippen LogP contribution in [0.2, 0.25) is 0 Å². The highest BCUT2D eigenvalue weighted by Gasteiger charge is 2.40. The molecule has 2 unspecified atom stereocenters. The number of nitrogens with zero attached hydrogens (tertiary/aromatic N) is 2. The van der Waals surface area contributed by atoms with Crippen LogP contribution in [0.15, 0.2) is 22.7 Å². The molecule has 1 heterocycles. The van der Waals surface area contributed by atoms with E-state index in [1.54, 1.807) is 6.07 Å². The van der Waals surface area contributed by atoms with E-state index in [2.05, 4.69) is 17.1 Å². The Morgan fingerprint density at radius 1 is 1.38 bits per heavy atom. The van der Waals surface area contributed by atoms with Gasteiger partial charge in [-0.15, -0.1) is 0 Å². The Morgan fingerprint density at radius 3 is 2.90 bits per heavy atom. The molecule has 112 valence electrons. The van der Waals surface area contributed by atoms with Crippen LogP contribution in [0.25, 0.3) is 11.4 Å². The molecule has 0 spiro atoms. The fraction of sp³-hybridized carbons (Fsp3) is 0.500. The van der Waals surface area contributed by atoms with Crippen LogP contribution in [-0.4, -0.2) is 16.2 Å². The molecule has 1 fully saturated rings. The van der Waals surface area contributed by atoms with Gasteiger partial charge in [0.05, 0.1) is 5.41 Å². The summed E-state index contributed by atoms with van der Waals surface area (Å²) in [5, 5.41) is 4.07. The monoisotopic (exact) mass is 289 g/mol. The molecule has 1 aliphatic rings. The summed E-state index contributed by atoms with van der Waals surface area (Å²) in [4.78, 5) is 4.54. The summed E-state index contributed by atoms with van der Waals surface area (Å²) in [6.07, 6.45) is 4.20. The van der Waals surface area contributed by atoms with Crippen molar-refractivity contribution in [1.82, 2.24) is 10.1 Å². The molecular weight excluding hydrogens is 269 g/mol. The van der Waals surface area contributed by atoms with E-state index in [0.717, 1.165) is 36.8 Å². The normalized spacial score (nSPS) is 26.0. The molecule has 2 atom stereocenters. The summed E-state index contributed by atoms with van der Waals surface area (Å²) in [5.74, 6) is 0.830. The van der Waals surface area contributed by atoms with Gasteiger partial charge in [-0.3, -0.25) is 0 Å². The lowest BCUT2D eigenvalue weighted by Crippen LogP contribution is -2.45. The Kier molecular flexibility index (Phi) is 3.53. The van der Waals surface area contributed by atoms with Gasteiger partial charge in [0.25, 0.3) is 0 Å². The number of halogens is 1. The van der Waals surface area contributed by atoms with Crippen molar-refractivity contribution in [2.75, 3.05) is 0 Å². The highest BCUT2D eigenvalue weighted by Crippen LogP contribution is 2.38. The molecule has 2 aromatic rings. The van der Waals surface area contributed by atoms with Gasteiger partial charge in [-0.2, -0.15) is 4.98 Å². The van der Waals surface area contributed by atoms with Crippen molar-refractivity contribution < 1.29 is 8.91 Å². The summed E-state index contributed by atoms with van der Waals surface area (Å²) in [5.41, 5.74) is 7.58. The Hall–Kier alpha value is -1.75.